The van der Waals surface area contributed by atoms with Gasteiger partial charge in [-0.05, 0) is 23.7 Å². The van der Waals surface area contributed by atoms with E-state index in [0.717, 1.165) is 11.0 Å². The second kappa shape index (κ2) is 7.64. The third-order valence-corrected chi connectivity index (χ3v) is 13.0. The molecule has 0 radical (unpaired) electrons. The van der Waals surface area contributed by atoms with Crippen LogP contribution in [-0.2, 0) is 0 Å². The maximum absolute atomic E-state index is 6.88. The molecule has 0 saturated heterocycles. The van der Waals surface area contributed by atoms with Crippen LogP contribution in [0.4, 0.5) is 0 Å². The van der Waals surface area contributed by atoms with Crippen molar-refractivity contribution in [3.8, 4) is 0 Å². The fourth-order valence-corrected chi connectivity index (χ4v) is 11.2. The summed E-state index contributed by atoms with van der Waals surface area (Å²) in [6.07, 6.45) is 0. The summed E-state index contributed by atoms with van der Waals surface area (Å²) in [6.45, 7) is -2.53. The van der Waals surface area contributed by atoms with Crippen molar-refractivity contribution < 1.29 is 0 Å². The van der Waals surface area contributed by atoms with Gasteiger partial charge in [0.2, 0.25) is 0 Å². The van der Waals surface area contributed by atoms with Gasteiger partial charge in [-0.3, -0.25) is 0 Å². The Kier molecular flexibility index (Phi) is 5.56. The van der Waals surface area contributed by atoms with Gasteiger partial charge in [-0.1, -0.05) is 91.0 Å². The summed E-state index contributed by atoms with van der Waals surface area (Å²) >= 11 is 13.8. The Morgan fingerprint density at radius 3 is 1.43 bits per heavy atom. The van der Waals surface area contributed by atoms with Gasteiger partial charge in [-0.2, -0.15) is 0 Å². The van der Waals surface area contributed by atoms with Crippen molar-refractivity contribution in [2.24, 2.45) is 0 Å². The van der Waals surface area contributed by atoms with Crippen LogP contribution in [-0.4, -0.2) is 12.5 Å². The van der Waals surface area contributed by atoms with Crippen molar-refractivity contribution in [2.75, 3.05) is 5.79 Å². The first kappa shape index (κ1) is 16.7. The molecule has 4 heteroatoms. The molecule has 0 saturated carbocycles. The summed E-state index contributed by atoms with van der Waals surface area (Å²) in [7, 11) is -0.565. The summed E-state index contributed by atoms with van der Waals surface area (Å²) in [6, 6.07) is 31.3. The molecule has 0 heterocycles. The van der Waals surface area contributed by atoms with Gasteiger partial charge < -0.3 is 0 Å². The molecule has 0 aromatic heterocycles. The molecule has 0 aliphatic carbocycles. The van der Waals surface area contributed by atoms with Gasteiger partial charge >= 0.3 is 0 Å². The van der Waals surface area contributed by atoms with Gasteiger partial charge in [0.1, 0.15) is 0 Å². The van der Waals surface area contributed by atoms with E-state index < -0.39 is 14.6 Å². The van der Waals surface area contributed by atoms with Crippen molar-refractivity contribution in [3.63, 3.8) is 0 Å². The molecule has 0 unspecified atom stereocenters. The third kappa shape index (κ3) is 4.25. The second-order valence-electron chi connectivity index (χ2n) is 5.33. The number of halogens is 2. The Morgan fingerprint density at radius 2 is 1.00 bits per heavy atom. The quantitative estimate of drug-likeness (QED) is 0.350. The lowest BCUT2D eigenvalue weighted by molar-refractivity contribution is 1.73. The van der Waals surface area contributed by atoms with E-state index in [1.165, 1.54) is 10.6 Å². The standard InChI is InChI=1S/C19H17Cl2PSi/c20-23(21,19-14-8-3-9-15-19)16-22(17-10-4-1-5-11-17)18-12-6-2-7-13-18/h1-15H,16H2. The summed E-state index contributed by atoms with van der Waals surface area (Å²) < 4.78 is 0. The van der Waals surface area contributed by atoms with Gasteiger partial charge in [0.15, 0.2) is 0 Å². The predicted molar refractivity (Wildman–Crippen MR) is 107 cm³/mol. The van der Waals surface area contributed by atoms with E-state index in [1.807, 2.05) is 30.3 Å². The maximum atomic E-state index is 6.88. The Balaban J connectivity index is 1.97. The molecule has 116 valence electrons. The van der Waals surface area contributed by atoms with E-state index >= 15 is 0 Å². The normalized spacial score (nSPS) is 11.6. The monoisotopic (exact) mass is 374 g/mol. The first-order valence-electron chi connectivity index (χ1n) is 7.48. The van der Waals surface area contributed by atoms with E-state index in [2.05, 4.69) is 60.7 Å². The van der Waals surface area contributed by atoms with E-state index in [0.29, 0.717) is 0 Å². The second-order valence-corrected chi connectivity index (χ2v) is 14.9. The Morgan fingerprint density at radius 1 is 0.609 bits per heavy atom. The Bertz CT molecular complexity index is 694. The number of rotatable bonds is 5. The van der Waals surface area contributed by atoms with E-state index in [4.69, 9.17) is 22.2 Å². The molecular weight excluding hydrogens is 358 g/mol. The highest BCUT2D eigenvalue weighted by Crippen LogP contribution is 2.38. The minimum atomic E-state index is -2.53. The zero-order valence-corrected chi connectivity index (χ0v) is 16.0. The lowest BCUT2D eigenvalue weighted by Crippen LogP contribution is -2.42. The molecule has 23 heavy (non-hydrogen) atoms. The molecule has 3 rings (SSSR count). The van der Waals surface area contributed by atoms with Gasteiger partial charge in [0.25, 0.3) is 6.69 Å². The fraction of sp³-hybridized carbons (Fsp3) is 0.0526. The molecule has 0 bridgehead atoms. The van der Waals surface area contributed by atoms with Crippen LogP contribution in [0.15, 0.2) is 91.0 Å². The summed E-state index contributed by atoms with van der Waals surface area (Å²) in [5, 5.41) is 3.73. The van der Waals surface area contributed by atoms with Gasteiger partial charge in [0, 0.05) is 5.79 Å². The average molecular weight is 375 g/mol. The zero-order chi connectivity index (χ0) is 16.1. The van der Waals surface area contributed by atoms with Crippen LogP contribution in [0.1, 0.15) is 0 Å². The molecule has 3 aromatic carbocycles. The van der Waals surface area contributed by atoms with Gasteiger partial charge in [0.05, 0.1) is 0 Å². The third-order valence-electron chi connectivity index (χ3n) is 3.69. The Hall–Kier alpha value is -1.11. The largest absolute Gasteiger partial charge is 0.285 e. The van der Waals surface area contributed by atoms with Crippen LogP contribution in [0, 0.1) is 0 Å². The molecule has 0 fully saturated rings. The highest BCUT2D eigenvalue weighted by Gasteiger charge is 2.35. The van der Waals surface area contributed by atoms with Gasteiger partial charge in [-0.25, -0.2) is 0 Å². The van der Waals surface area contributed by atoms with Crippen LogP contribution in [0.5, 0.6) is 0 Å². The molecule has 0 N–H and O–H groups in total. The SMILES string of the molecule is Cl[Si](Cl)(CP(c1ccccc1)c1ccccc1)c1ccccc1. The van der Waals surface area contributed by atoms with Crippen molar-refractivity contribution >= 4 is 52.6 Å². The summed E-state index contributed by atoms with van der Waals surface area (Å²) in [4.78, 5) is 0. The molecule has 0 amide bonds. The zero-order valence-electron chi connectivity index (χ0n) is 12.6. The first-order chi connectivity index (χ1) is 11.2. The summed E-state index contributed by atoms with van der Waals surface area (Å²) in [5.41, 5.74) is 0. The van der Waals surface area contributed by atoms with E-state index in [1.54, 1.807) is 0 Å². The van der Waals surface area contributed by atoms with Crippen molar-refractivity contribution in [3.05, 3.63) is 91.0 Å². The molecular formula is C19H17Cl2PSi. The molecule has 0 nitrogen and oxygen atoms in total. The number of benzene rings is 3. The summed E-state index contributed by atoms with van der Waals surface area (Å²) in [5.74, 6) is 0.823. The van der Waals surface area contributed by atoms with Crippen molar-refractivity contribution in [1.82, 2.24) is 0 Å². The smallest absolute Gasteiger partial charge is 0.139 e. The molecule has 0 aliphatic heterocycles. The van der Waals surface area contributed by atoms with Crippen LogP contribution in [0.25, 0.3) is 0 Å². The highest BCUT2D eigenvalue weighted by molar-refractivity contribution is 7.79. The maximum Gasteiger partial charge on any atom is 0.285 e. The van der Waals surface area contributed by atoms with Crippen molar-refractivity contribution in [2.45, 2.75) is 0 Å². The lowest BCUT2D eigenvalue weighted by Gasteiger charge is -2.25. The van der Waals surface area contributed by atoms with Crippen LogP contribution in [0.3, 0.4) is 0 Å². The molecule has 0 atom stereocenters. The van der Waals surface area contributed by atoms with Crippen LogP contribution < -0.4 is 15.8 Å². The average Bonchev–Trinajstić information content (AvgIpc) is 2.62. The predicted octanol–water partition coefficient (Wildman–Crippen LogP) is 4.49. The minimum absolute atomic E-state index is 0.565. The van der Waals surface area contributed by atoms with Gasteiger partial charge in [-0.15, -0.1) is 22.2 Å². The van der Waals surface area contributed by atoms with Crippen LogP contribution >= 0.6 is 30.1 Å². The number of hydrogen-bond acceptors (Lipinski definition) is 0. The Labute approximate surface area is 149 Å². The van der Waals surface area contributed by atoms with E-state index in [9.17, 15) is 0 Å². The molecule has 3 aromatic rings. The highest BCUT2D eigenvalue weighted by atomic mass is 35.7. The van der Waals surface area contributed by atoms with Crippen molar-refractivity contribution in [1.29, 1.82) is 0 Å². The van der Waals surface area contributed by atoms with Crippen LogP contribution in [0.2, 0.25) is 0 Å². The lowest BCUT2D eigenvalue weighted by atomic mass is 10.4. The first-order valence-corrected chi connectivity index (χ1v) is 13.2. The van der Waals surface area contributed by atoms with E-state index in [-0.39, 0.29) is 0 Å². The topological polar surface area (TPSA) is 0 Å². The minimum Gasteiger partial charge on any atom is -0.139 e. The molecule has 0 aliphatic rings. The fourth-order valence-electron chi connectivity index (χ4n) is 2.52. The number of hydrogen-bond donors (Lipinski definition) is 0. The molecule has 0 spiro atoms.